The van der Waals surface area contributed by atoms with Gasteiger partial charge in [-0.1, -0.05) is 18.2 Å². The van der Waals surface area contributed by atoms with Gasteiger partial charge in [0.1, 0.15) is 6.10 Å². The number of hydrogen-bond donors (Lipinski definition) is 2. The summed E-state index contributed by atoms with van der Waals surface area (Å²) in [5.41, 5.74) is 3.52. The maximum atomic E-state index is 5.93. The van der Waals surface area contributed by atoms with Gasteiger partial charge in [-0.3, -0.25) is 5.10 Å². The number of aromatic nitrogens is 4. The molecule has 0 aliphatic carbocycles. The second-order valence-electron chi connectivity index (χ2n) is 6.14. The number of nitrogens with one attached hydrogen (secondary N) is 2. The molecule has 1 saturated heterocycles. The van der Waals surface area contributed by atoms with Crippen molar-refractivity contribution in [3.8, 4) is 0 Å². The number of H-pyrrole nitrogens is 1. The Kier molecular flexibility index (Phi) is 3.85. The molecule has 1 aromatic carbocycles. The van der Waals surface area contributed by atoms with Crippen LogP contribution >= 0.6 is 0 Å². The second-order valence-corrected chi connectivity index (χ2v) is 6.14. The summed E-state index contributed by atoms with van der Waals surface area (Å²) < 4.78 is 7.97. The highest BCUT2D eigenvalue weighted by atomic mass is 16.5. The third kappa shape index (κ3) is 2.87. The van der Waals surface area contributed by atoms with Gasteiger partial charge in [0, 0.05) is 31.6 Å². The SMILES string of the molecule is Cn1cncc1C1CC(NCc2cccc3cn[nH]c23)CCO1. The van der Waals surface area contributed by atoms with Crippen LogP contribution in [0.15, 0.2) is 36.9 Å². The minimum absolute atomic E-state index is 0.122. The number of nitrogens with zero attached hydrogens (tertiary/aromatic N) is 3. The van der Waals surface area contributed by atoms with Crippen molar-refractivity contribution in [1.82, 2.24) is 25.1 Å². The van der Waals surface area contributed by atoms with Crippen LogP contribution in [0.1, 0.15) is 30.2 Å². The molecule has 1 aliphatic heterocycles. The molecule has 6 heteroatoms. The molecule has 0 bridgehead atoms. The Morgan fingerprint density at radius 1 is 1.39 bits per heavy atom. The molecule has 1 aliphatic rings. The molecule has 2 N–H and O–H groups in total. The largest absolute Gasteiger partial charge is 0.372 e. The highest BCUT2D eigenvalue weighted by molar-refractivity contribution is 5.81. The summed E-state index contributed by atoms with van der Waals surface area (Å²) in [7, 11) is 2.02. The first kappa shape index (κ1) is 14.4. The molecule has 2 aromatic heterocycles. The summed E-state index contributed by atoms with van der Waals surface area (Å²) in [4.78, 5) is 4.20. The smallest absolute Gasteiger partial charge is 0.100 e. The molecule has 3 aromatic rings. The van der Waals surface area contributed by atoms with Gasteiger partial charge in [-0.2, -0.15) is 5.10 Å². The average Bonchev–Trinajstić information content (AvgIpc) is 3.22. The Hall–Kier alpha value is -2.18. The predicted molar refractivity (Wildman–Crippen MR) is 87.9 cm³/mol. The van der Waals surface area contributed by atoms with Crippen LogP contribution in [0, 0.1) is 0 Å². The highest BCUT2D eigenvalue weighted by Gasteiger charge is 2.25. The first-order chi connectivity index (χ1) is 11.3. The Morgan fingerprint density at radius 2 is 2.35 bits per heavy atom. The van der Waals surface area contributed by atoms with E-state index in [1.54, 1.807) is 0 Å². The van der Waals surface area contributed by atoms with Gasteiger partial charge in [0.25, 0.3) is 0 Å². The van der Waals surface area contributed by atoms with E-state index in [4.69, 9.17) is 4.74 Å². The molecule has 6 nitrogen and oxygen atoms in total. The number of imidazole rings is 1. The number of ether oxygens (including phenoxy) is 1. The lowest BCUT2D eigenvalue weighted by Crippen LogP contribution is -2.36. The van der Waals surface area contributed by atoms with Gasteiger partial charge in [-0.25, -0.2) is 4.98 Å². The summed E-state index contributed by atoms with van der Waals surface area (Å²) in [5.74, 6) is 0. The van der Waals surface area contributed by atoms with E-state index in [9.17, 15) is 0 Å². The lowest BCUT2D eigenvalue weighted by atomic mass is 10.0. The molecule has 2 unspecified atom stereocenters. The second kappa shape index (κ2) is 6.14. The monoisotopic (exact) mass is 311 g/mol. The molecule has 2 atom stereocenters. The zero-order valence-corrected chi connectivity index (χ0v) is 13.2. The summed E-state index contributed by atoms with van der Waals surface area (Å²) >= 11 is 0. The third-order valence-corrected chi connectivity index (χ3v) is 4.61. The topological polar surface area (TPSA) is 67.8 Å². The van der Waals surface area contributed by atoms with Crippen LogP contribution in [0.25, 0.3) is 10.9 Å². The molecular weight excluding hydrogens is 290 g/mol. The maximum Gasteiger partial charge on any atom is 0.100 e. The maximum absolute atomic E-state index is 5.93. The van der Waals surface area contributed by atoms with E-state index in [-0.39, 0.29) is 6.10 Å². The van der Waals surface area contributed by atoms with Crippen molar-refractivity contribution in [2.75, 3.05) is 6.61 Å². The van der Waals surface area contributed by atoms with E-state index >= 15 is 0 Å². The van der Waals surface area contributed by atoms with Crippen LogP contribution < -0.4 is 5.32 Å². The van der Waals surface area contributed by atoms with Crippen LogP contribution in [-0.4, -0.2) is 32.4 Å². The number of aromatic amines is 1. The summed E-state index contributed by atoms with van der Waals surface area (Å²) in [6.45, 7) is 1.62. The highest BCUT2D eigenvalue weighted by Crippen LogP contribution is 2.28. The summed E-state index contributed by atoms with van der Waals surface area (Å²) in [5, 5.41) is 12.0. The molecule has 0 amide bonds. The van der Waals surface area contributed by atoms with Gasteiger partial charge in [0.05, 0.1) is 29.9 Å². The van der Waals surface area contributed by atoms with Gasteiger partial charge in [0.15, 0.2) is 0 Å². The van der Waals surface area contributed by atoms with Gasteiger partial charge in [-0.05, 0) is 18.4 Å². The van der Waals surface area contributed by atoms with Crippen LogP contribution in [0.5, 0.6) is 0 Å². The fourth-order valence-electron chi connectivity index (χ4n) is 3.30. The molecule has 0 spiro atoms. The van der Waals surface area contributed by atoms with Crippen LogP contribution in [-0.2, 0) is 18.3 Å². The Labute approximate surface area is 134 Å². The van der Waals surface area contributed by atoms with E-state index in [1.807, 2.05) is 30.3 Å². The molecule has 120 valence electrons. The van der Waals surface area contributed by atoms with E-state index in [1.165, 1.54) is 5.56 Å². The third-order valence-electron chi connectivity index (χ3n) is 4.61. The van der Waals surface area contributed by atoms with Gasteiger partial charge < -0.3 is 14.6 Å². The molecule has 4 rings (SSSR count). The van der Waals surface area contributed by atoms with Crippen LogP contribution in [0.3, 0.4) is 0 Å². The lowest BCUT2D eigenvalue weighted by molar-refractivity contribution is -0.00402. The van der Waals surface area contributed by atoms with Crippen molar-refractivity contribution in [3.05, 3.63) is 48.2 Å². The summed E-state index contributed by atoms with van der Waals surface area (Å²) in [6, 6.07) is 6.75. The molecule has 1 fully saturated rings. The number of para-hydroxylation sites is 1. The van der Waals surface area contributed by atoms with Crippen molar-refractivity contribution in [1.29, 1.82) is 0 Å². The number of benzene rings is 1. The van der Waals surface area contributed by atoms with Gasteiger partial charge >= 0.3 is 0 Å². The Bertz CT molecular complexity index is 793. The minimum atomic E-state index is 0.122. The molecular formula is C17H21N5O. The van der Waals surface area contributed by atoms with Gasteiger partial charge in [-0.15, -0.1) is 0 Å². The number of aryl methyl sites for hydroxylation is 1. The molecule has 0 saturated carbocycles. The predicted octanol–water partition coefficient (Wildman–Crippen LogP) is 2.31. The Morgan fingerprint density at radius 3 is 3.22 bits per heavy atom. The summed E-state index contributed by atoms with van der Waals surface area (Å²) in [6.07, 6.45) is 7.72. The number of fused-ring (bicyclic) bond motifs is 1. The van der Waals surface area contributed by atoms with Crippen molar-refractivity contribution >= 4 is 10.9 Å². The van der Waals surface area contributed by atoms with E-state index < -0.39 is 0 Å². The number of hydrogen-bond acceptors (Lipinski definition) is 4. The fraction of sp³-hybridized carbons (Fsp3) is 0.412. The average molecular weight is 311 g/mol. The van der Waals surface area contributed by atoms with Crippen molar-refractivity contribution in [2.24, 2.45) is 7.05 Å². The van der Waals surface area contributed by atoms with E-state index in [2.05, 4.69) is 38.7 Å². The lowest BCUT2D eigenvalue weighted by Gasteiger charge is -2.30. The quantitative estimate of drug-likeness (QED) is 0.776. The fourth-order valence-corrected chi connectivity index (χ4v) is 3.30. The van der Waals surface area contributed by atoms with Crippen molar-refractivity contribution in [2.45, 2.75) is 31.5 Å². The standard InChI is InChI=1S/C17H21N5O/c1-22-11-18-10-15(22)16-7-14(5-6-23-16)19-8-12-3-2-4-13-9-20-21-17(12)13/h2-4,9-11,14,16,19H,5-8H2,1H3,(H,20,21). The molecule has 0 radical (unpaired) electrons. The Balaban J connectivity index is 1.43. The number of rotatable bonds is 4. The zero-order valence-electron chi connectivity index (χ0n) is 13.2. The van der Waals surface area contributed by atoms with Gasteiger partial charge in [0.2, 0.25) is 0 Å². The van der Waals surface area contributed by atoms with E-state index in [0.717, 1.165) is 42.6 Å². The first-order valence-corrected chi connectivity index (χ1v) is 8.03. The molecule has 3 heterocycles. The van der Waals surface area contributed by atoms with Crippen molar-refractivity contribution < 1.29 is 4.74 Å². The van der Waals surface area contributed by atoms with Crippen molar-refractivity contribution in [3.63, 3.8) is 0 Å². The zero-order chi connectivity index (χ0) is 15.6. The van der Waals surface area contributed by atoms with E-state index in [0.29, 0.717) is 6.04 Å². The van der Waals surface area contributed by atoms with Crippen LogP contribution in [0.2, 0.25) is 0 Å². The normalized spacial score (nSPS) is 21.8. The first-order valence-electron chi connectivity index (χ1n) is 8.03. The minimum Gasteiger partial charge on any atom is -0.372 e. The van der Waals surface area contributed by atoms with Crippen LogP contribution in [0.4, 0.5) is 0 Å². The molecule has 23 heavy (non-hydrogen) atoms.